The molecule has 0 fully saturated rings. The van der Waals surface area contributed by atoms with Gasteiger partial charge in [-0.3, -0.25) is 4.79 Å². The van der Waals surface area contributed by atoms with Crippen LogP contribution in [0.5, 0.6) is 5.75 Å². The normalized spacial score (nSPS) is 14.4. The fourth-order valence-electron chi connectivity index (χ4n) is 4.36. The number of rotatable bonds is 14. The first-order chi connectivity index (χ1) is 17.4. The molecule has 0 saturated heterocycles. The zero-order valence-corrected chi connectivity index (χ0v) is 23.5. The number of hydrogen-bond donors (Lipinski definition) is 0. The molecule has 3 atom stereocenters. The summed E-state index contributed by atoms with van der Waals surface area (Å²) < 4.78 is 24.3. The molecule has 0 amide bonds. The Kier molecular flexibility index (Phi) is 10.4. The molecule has 6 nitrogen and oxygen atoms in total. The van der Waals surface area contributed by atoms with Gasteiger partial charge in [-0.1, -0.05) is 75.9 Å². The number of methoxy groups -OCH3 is 1. The summed E-state index contributed by atoms with van der Waals surface area (Å²) in [4.78, 5) is 25.2. The number of thioether (sulfide) groups is 1. The van der Waals surface area contributed by atoms with E-state index in [9.17, 15) is 9.59 Å². The van der Waals surface area contributed by atoms with Crippen LogP contribution >= 0.6 is 11.8 Å². The summed E-state index contributed by atoms with van der Waals surface area (Å²) in [6, 6.07) is 19.4. The molecule has 36 heavy (non-hydrogen) atoms. The first-order valence-electron chi connectivity index (χ1n) is 12.5. The van der Waals surface area contributed by atoms with Gasteiger partial charge in [0.1, 0.15) is 35.2 Å². The van der Waals surface area contributed by atoms with Gasteiger partial charge in [0.05, 0.1) is 13.7 Å². The molecule has 0 aliphatic rings. The number of carbonyl (C=O) groups is 1. The van der Waals surface area contributed by atoms with E-state index in [0.29, 0.717) is 28.4 Å². The molecule has 3 rings (SSSR count). The monoisotopic (exact) mass is 528 g/mol. The molecule has 0 aliphatic heterocycles. The van der Waals surface area contributed by atoms with Crippen molar-refractivity contribution in [1.29, 1.82) is 0 Å². The van der Waals surface area contributed by atoms with E-state index in [1.165, 1.54) is 24.9 Å². The Morgan fingerprint density at radius 1 is 1.03 bits per heavy atom. The quantitative estimate of drug-likeness (QED) is 0.135. The van der Waals surface area contributed by atoms with E-state index < -0.39 is 20.5 Å². The second-order valence-corrected chi connectivity index (χ2v) is 14.9. The van der Waals surface area contributed by atoms with Gasteiger partial charge in [-0.15, -0.1) is 0 Å². The summed E-state index contributed by atoms with van der Waals surface area (Å²) in [6.45, 7) is 8.73. The summed E-state index contributed by atoms with van der Waals surface area (Å²) in [5, 5.41) is 0.635. The Hall–Kier alpha value is -2.39. The van der Waals surface area contributed by atoms with Gasteiger partial charge in [0.2, 0.25) is 0 Å². The Bertz CT molecular complexity index is 1170. The van der Waals surface area contributed by atoms with Gasteiger partial charge in [0, 0.05) is 11.3 Å². The smallest absolute Gasteiger partial charge is 0.197 e. The van der Waals surface area contributed by atoms with E-state index in [1.807, 2.05) is 37.3 Å². The Morgan fingerprint density at radius 3 is 2.33 bits per heavy atom. The van der Waals surface area contributed by atoms with E-state index >= 15 is 0 Å². The van der Waals surface area contributed by atoms with Gasteiger partial charge in [-0.25, -0.2) is 0 Å². The van der Waals surface area contributed by atoms with E-state index in [0.717, 1.165) is 30.0 Å². The van der Waals surface area contributed by atoms with Crippen LogP contribution in [0.3, 0.4) is 0 Å². The molecule has 0 saturated carbocycles. The Labute approximate surface area is 218 Å². The fraction of sp³-hybridized carbons (Fsp3) is 0.429. The molecular formula is C28H36O6SSi. The highest BCUT2D eigenvalue weighted by Gasteiger charge is 2.38. The molecule has 0 spiro atoms. The lowest BCUT2D eigenvalue weighted by atomic mass is 10.1. The highest BCUT2D eigenvalue weighted by molar-refractivity contribution is 7.99. The zero-order chi connectivity index (χ0) is 26.1. The number of carbonyl (C=O) groups excluding carboxylic acids is 1. The summed E-state index contributed by atoms with van der Waals surface area (Å²) >= 11 is 1.37. The number of hydrogen-bond acceptors (Lipinski definition) is 7. The van der Waals surface area contributed by atoms with Crippen molar-refractivity contribution < 1.29 is 23.1 Å². The molecule has 2 aromatic carbocycles. The lowest BCUT2D eigenvalue weighted by Crippen LogP contribution is -2.48. The summed E-state index contributed by atoms with van der Waals surface area (Å²) in [5.74, 6) is 0.476. The molecule has 194 valence electrons. The van der Waals surface area contributed by atoms with Crippen LogP contribution < -0.4 is 10.2 Å². The number of aldehydes is 1. The third kappa shape index (κ3) is 6.67. The van der Waals surface area contributed by atoms with Crippen LogP contribution in [0.25, 0.3) is 11.0 Å². The first-order valence-corrected chi connectivity index (χ1v) is 15.9. The fourth-order valence-corrected chi connectivity index (χ4v) is 8.17. The average Bonchev–Trinajstić information content (AvgIpc) is 2.91. The summed E-state index contributed by atoms with van der Waals surface area (Å²) in [5.41, 5.74) is 1.29. The lowest BCUT2D eigenvalue weighted by molar-refractivity contribution is -0.122. The van der Waals surface area contributed by atoms with Crippen molar-refractivity contribution >= 4 is 37.3 Å². The molecule has 1 aromatic heterocycles. The Balaban J connectivity index is 1.91. The second kappa shape index (κ2) is 13.2. The van der Waals surface area contributed by atoms with Gasteiger partial charge >= 0.3 is 0 Å². The van der Waals surface area contributed by atoms with Crippen molar-refractivity contribution in [3.8, 4) is 5.75 Å². The van der Waals surface area contributed by atoms with Gasteiger partial charge < -0.3 is 23.1 Å². The number of fused-ring (bicyclic) bond motifs is 1. The predicted octanol–water partition coefficient (Wildman–Crippen LogP) is 6.46. The molecule has 0 radical (unpaired) electrons. The summed E-state index contributed by atoms with van der Waals surface area (Å²) in [7, 11) is -0.547. The molecule has 0 aliphatic carbocycles. The van der Waals surface area contributed by atoms with Gasteiger partial charge in [-0.2, -0.15) is 0 Å². The van der Waals surface area contributed by atoms with E-state index in [4.69, 9.17) is 18.3 Å². The van der Waals surface area contributed by atoms with Gasteiger partial charge in [-0.05, 0) is 35.8 Å². The third-order valence-electron chi connectivity index (χ3n) is 6.74. The highest BCUT2D eigenvalue weighted by Crippen LogP contribution is 2.33. The maximum Gasteiger partial charge on any atom is 0.197 e. The largest absolute Gasteiger partial charge is 0.496 e. The van der Waals surface area contributed by atoms with Crippen molar-refractivity contribution in [3.63, 3.8) is 0 Å². The van der Waals surface area contributed by atoms with Crippen LogP contribution in [0.1, 0.15) is 33.3 Å². The standard InChI is InChI=1S/C28H36O6SSi/c1-6-36(7-2,8-3)34-25(18-29)28(32-19-21-13-10-9-11-14-21)20(4)35-26-17-22(30)27-23(31-5)15-12-16-24(27)33-26/h9-18,20,25,28H,6-8,19H2,1-5H3/t20-,25-,28+/m0/s1. The van der Waals surface area contributed by atoms with Crippen molar-refractivity contribution in [3.05, 3.63) is 70.4 Å². The maximum absolute atomic E-state index is 12.9. The minimum atomic E-state index is -2.07. The van der Waals surface area contributed by atoms with Crippen LogP contribution in [-0.2, 0) is 20.6 Å². The first kappa shape index (κ1) is 28.2. The maximum atomic E-state index is 12.9. The summed E-state index contributed by atoms with van der Waals surface area (Å²) in [6.07, 6.45) is -0.373. The molecule has 0 bridgehead atoms. The van der Waals surface area contributed by atoms with Crippen molar-refractivity contribution in [2.24, 2.45) is 0 Å². The van der Waals surface area contributed by atoms with Crippen molar-refractivity contribution in [1.82, 2.24) is 0 Å². The van der Waals surface area contributed by atoms with Gasteiger partial charge in [0.25, 0.3) is 0 Å². The lowest BCUT2D eigenvalue weighted by Gasteiger charge is -2.36. The van der Waals surface area contributed by atoms with Gasteiger partial charge in [0.15, 0.2) is 18.8 Å². The highest BCUT2D eigenvalue weighted by atomic mass is 32.2. The van der Waals surface area contributed by atoms with Crippen LogP contribution in [0, 0.1) is 0 Å². The van der Waals surface area contributed by atoms with Crippen LogP contribution in [0.2, 0.25) is 18.1 Å². The van der Waals surface area contributed by atoms with Crippen LogP contribution in [0.15, 0.2) is 68.9 Å². The third-order valence-corrected chi connectivity index (χ3v) is 12.5. The topological polar surface area (TPSA) is 75.0 Å². The molecule has 3 aromatic rings. The minimum Gasteiger partial charge on any atom is -0.496 e. The minimum absolute atomic E-state index is 0.178. The van der Waals surface area contributed by atoms with Crippen LogP contribution in [-0.4, -0.2) is 39.2 Å². The van der Waals surface area contributed by atoms with E-state index in [1.54, 1.807) is 18.2 Å². The number of benzene rings is 2. The molecule has 1 heterocycles. The SMILES string of the molecule is CC[Si](CC)(CC)O[C@@H](C=O)[C@H](OCc1ccccc1)[C@H](C)Sc1cc(=O)c2c(OC)cccc2o1. The molecule has 8 heteroatoms. The predicted molar refractivity (Wildman–Crippen MR) is 148 cm³/mol. The molecular weight excluding hydrogens is 492 g/mol. The average molecular weight is 529 g/mol. The second-order valence-electron chi connectivity index (χ2n) is 8.81. The van der Waals surface area contributed by atoms with E-state index in [2.05, 4.69) is 20.8 Å². The Morgan fingerprint density at radius 2 is 1.72 bits per heavy atom. The number of ether oxygens (including phenoxy) is 2. The molecule has 0 N–H and O–H groups in total. The zero-order valence-electron chi connectivity index (χ0n) is 21.7. The van der Waals surface area contributed by atoms with Crippen molar-refractivity contribution in [2.45, 2.75) is 75.0 Å². The van der Waals surface area contributed by atoms with E-state index in [-0.39, 0.29) is 10.7 Å². The van der Waals surface area contributed by atoms with Crippen molar-refractivity contribution in [2.75, 3.05) is 7.11 Å². The molecule has 0 unspecified atom stereocenters. The van der Waals surface area contributed by atoms with Crippen LogP contribution in [0.4, 0.5) is 0 Å².